The molecule has 0 radical (unpaired) electrons. The van der Waals surface area contributed by atoms with Crippen LogP contribution < -0.4 is 20.1 Å². The molecule has 0 spiro atoms. The van der Waals surface area contributed by atoms with Crippen LogP contribution in [0.3, 0.4) is 0 Å². The predicted octanol–water partition coefficient (Wildman–Crippen LogP) is 4.09. The second-order valence-corrected chi connectivity index (χ2v) is 9.90. The first-order chi connectivity index (χ1) is 17.0. The van der Waals surface area contributed by atoms with Gasteiger partial charge in [-0.25, -0.2) is 9.97 Å². The van der Waals surface area contributed by atoms with E-state index in [1.807, 2.05) is 18.2 Å². The zero-order valence-electron chi connectivity index (χ0n) is 20.5. The third kappa shape index (κ3) is 5.57. The number of ether oxygens (including phenoxy) is 3. The number of aromatic nitrogens is 2. The topological polar surface area (TPSA) is 82.7 Å². The van der Waals surface area contributed by atoms with Crippen LogP contribution in [0.2, 0.25) is 0 Å². The first-order valence-electron chi connectivity index (χ1n) is 12.4. The largest absolute Gasteiger partial charge is 0.490 e. The van der Waals surface area contributed by atoms with Crippen molar-refractivity contribution in [1.29, 1.82) is 0 Å². The van der Waals surface area contributed by atoms with E-state index >= 15 is 0 Å². The van der Waals surface area contributed by atoms with Crippen LogP contribution in [0.25, 0.3) is 0 Å². The van der Waals surface area contributed by atoms with Gasteiger partial charge in [0.2, 0.25) is 0 Å². The number of hydrogen-bond acceptors (Lipinski definition) is 7. The first-order valence-corrected chi connectivity index (χ1v) is 12.4. The van der Waals surface area contributed by atoms with Gasteiger partial charge in [-0.05, 0) is 48.2 Å². The Labute approximate surface area is 207 Å². The summed E-state index contributed by atoms with van der Waals surface area (Å²) in [5.74, 6) is 2.65. The fourth-order valence-corrected chi connectivity index (χ4v) is 4.57. The number of nitrogens with two attached hydrogens (primary N) is 1. The summed E-state index contributed by atoms with van der Waals surface area (Å²) in [4.78, 5) is 11.0. The minimum absolute atomic E-state index is 0.143. The van der Waals surface area contributed by atoms with Gasteiger partial charge < -0.3 is 24.8 Å². The number of hydrogen-bond donors (Lipinski definition) is 1. The summed E-state index contributed by atoms with van der Waals surface area (Å²) in [7, 11) is 0. The monoisotopic (exact) mass is 474 g/mol. The standard InChI is InChI=1S/C28H34N4O3/c1-28(2,21-5-9-25(10-6-21)35-26-15-22(29)16-26)20-3-7-24(8-4-20)34-18-23-17-27(31-19-30-23)32-11-13-33-14-12-32/h3-10,17,19,22,26H,11-16,18,29H2,1-2H3. The Hall–Kier alpha value is -3.16. The minimum Gasteiger partial charge on any atom is -0.490 e. The van der Waals surface area contributed by atoms with Crippen LogP contribution in [0.4, 0.5) is 5.82 Å². The van der Waals surface area contributed by atoms with Crippen LogP contribution in [0.1, 0.15) is 43.5 Å². The number of rotatable bonds is 8. The molecule has 0 unspecified atom stereocenters. The zero-order chi connectivity index (χ0) is 24.3. The van der Waals surface area contributed by atoms with Crippen LogP contribution in [-0.4, -0.2) is 48.4 Å². The Morgan fingerprint density at radius 3 is 2.20 bits per heavy atom. The SMILES string of the molecule is CC(C)(c1ccc(OCc2cc(N3CCOCC3)ncn2)cc1)c1ccc(OC2CC(N)C2)cc1. The van der Waals surface area contributed by atoms with Crippen LogP contribution in [0.15, 0.2) is 60.9 Å². The minimum atomic E-state index is -0.143. The highest BCUT2D eigenvalue weighted by Gasteiger charge is 2.28. The van der Waals surface area contributed by atoms with Crippen molar-refractivity contribution in [2.24, 2.45) is 5.73 Å². The maximum atomic E-state index is 6.03. The second-order valence-electron chi connectivity index (χ2n) is 9.90. The summed E-state index contributed by atoms with van der Waals surface area (Å²) in [6.07, 6.45) is 3.73. The Morgan fingerprint density at radius 1 is 0.943 bits per heavy atom. The van der Waals surface area contributed by atoms with Gasteiger partial charge in [0.1, 0.15) is 36.4 Å². The van der Waals surface area contributed by atoms with Crippen LogP contribution in [0, 0.1) is 0 Å². The molecule has 2 fully saturated rings. The van der Waals surface area contributed by atoms with E-state index in [2.05, 4.69) is 65.1 Å². The van der Waals surface area contributed by atoms with Crippen molar-refractivity contribution in [3.63, 3.8) is 0 Å². The quantitative estimate of drug-likeness (QED) is 0.527. The fraction of sp³-hybridized carbons (Fsp3) is 0.429. The molecule has 184 valence electrons. The molecule has 1 aliphatic carbocycles. The van der Waals surface area contributed by atoms with Gasteiger partial charge in [-0.2, -0.15) is 0 Å². The van der Waals surface area contributed by atoms with Gasteiger partial charge in [0, 0.05) is 30.6 Å². The maximum absolute atomic E-state index is 6.03. The first kappa shape index (κ1) is 23.6. The lowest BCUT2D eigenvalue weighted by atomic mass is 9.78. The van der Waals surface area contributed by atoms with E-state index < -0.39 is 0 Å². The molecule has 0 bridgehead atoms. The van der Waals surface area contributed by atoms with Crippen molar-refractivity contribution in [3.05, 3.63) is 77.7 Å². The Morgan fingerprint density at radius 2 is 1.57 bits per heavy atom. The Bertz CT molecular complexity index is 1110. The van der Waals surface area contributed by atoms with Crippen LogP contribution >= 0.6 is 0 Å². The lowest BCUT2D eigenvalue weighted by molar-refractivity contribution is 0.101. The Balaban J connectivity index is 1.19. The van der Waals surface area contributed by atoms with Crippen molar-refractivity contribution in [1.82, 2.24) is 9.97 Å². The highest BCUT2D eigenvalue weighted by molar-refractivity contribution is 5.42. The molecule has 2 aromatic carbocycles. The van der Waals surface area contributed by atoms with E-state index in [0.717, 1.165) is 62.2 Å². The summed E-state index contributed by atoms with van der Waals surface area (Å²) >= 11 is 0. The molecule has 5 rings (SSSR count). The normalized spacial score (nSPS) is 20.3. The summed E-state index contributed by atoms with van der Waals surface area (Å²) in [5.41, 5.74) is 9.04. The molecule has 1 aliphatic heterocycles. The molecule has 35 heavy (non-hydrogen) atoms. The summed E-state index contributed by atoms with van der Waals surface area (Å²) in [6.45, 7) is 8.02. The average molecular weight is 475 g/mol. The van der Waals surface area contributed by atoms with Crippen molar-refractivity contribution in [2.45, 2.75) is 50.9 Å². The fourth-order valence-electron chi connectivity index (χ4n) is 4.57. The summed E-state index contributed by atoms with van der Waals surface area (Å²) in [6, 6.07) is 19.0. The van der Waals surface area contributed by atoms with Gasteiger partial charge in [0.05, 0.1) is 18.9 Å². The van der Waals surface area contributed by atoms with Gasteiger partial charge >= 0.3 is 0 Å². The highest BCUT2D eigenvalue weighted by Crippen LogP contribution is 2.34. The number of benzene rings is 2. The molecule has 7 nitrogen and oxygen atoms in total. The molecule has 1 saturated carbocycles. The molecule has 7 heteroatoms. The van der Waals surface area contributed by atoms with Crippen LogP contribution in [0.5, 0.6) is 11.5 Å². The van der Waals surface area contributed by atoms with Crippen molar-refractivity contribution in [2.75, 3.05) is 31.2 Å². The second kappa shape index (κ2) is 10.2. The molecule has 0 atom stereocenters. The molecule has 1 aromatic heterocycles. The van der Waals surface area contributed by atoms with Crippen molar-refractivity contribution in [3.8, 4) is 11.5 Å². The Kier molecular flexibility index (Phi) is 6.88. The van der Waals surface area contributed by atoms with Gasteiger partial charge in [-0.3, -0.25) is 0 Å². The van der Waals surface area contributed by atoms with E-state index in [1.165, 1.54) is 11.1 Å². The number of anilines is 1. The maximum Gasteiger partial charge on any atom is 0.132 e. The molecule has 3 aromatic rings. The van der Waals surface area contributed by atoms with Gasteiger partial charge in [0.15, 0.2) is 0 Å². The predicted molar refractivity (Wildman–Crippen MR) is 136 cm³/mol. The van der Waals surface area contributed by atoms with E-state index in [9.17, 15) is 0 Å². The van der Waals surface area contributed by atoms with Gasteiger partial charge in [-0.15, -0.1) is 0 Å². The molecular formula is C28H34N4O3. The van der Waals surface area contributed by atoms with E-state index in [4.69, 9.17) is 19.9 Å². The number of nitrogens with zero attached hydrogens (tertiary/aromatic N) is 3. The van der Waals surface area contributed by atoms with E-state index in [-0.39, 0.29) is 11.5 Å². The molecule has 1 saturated heterocycles. The third-order valence-electron chi connectivity index (χ3n) is 7.02. The lowest BCUT2D eigenvalue weighted by Gasteiger charge is -2.33. The van der Waals surface area contributed by atoms with Gasteiger partial charge in [0.25, 0.3) is 0 Å². The van der Waals surface area contributed by atoms with Crippen molar-refractivity contribution < 1.29 is 14.2 Å². The van der Waals surface area contributed by atoms with Crippen LogP contribution in [-0.2, 0) is 16.8 Å². The molecule has 2 aliphatic rings. The highest BCUT2D eigenvalue weighted by atomic mass is 16.5. The zero-order valence-corrected chi connectivity index (χ0v) is 20.5. The van der Waals surface area contributed by atoms with Gasteiger partial charge in [-0.1, -0.05) is 38.1 Å². The third-order valence-corrected chi connectivity index (χ3v) is 7.02. The molecular weight excluding hydrogens is 440 g/mol. The van der Waals surface area contributed by atoms with E-state index in [1.54, 1.807) is 6.33 Å². The lowest BCUT2D eigenvalue weighted by Crippen LogP contribution is -2.43. The number of morpholine rings is 1. The molecule has 0 amide bonds. The smallest absolute Gasteiger partial charge is 0.132 e. The van der Waals surface area contributed by atoms with Crippen molar-refractivity contribution >= 4 is 5.82 Å². The summed E-state index contributed by atoms with van der Waals surface area (Å²) < 4.78 is 17.5. The van der Waals surface area contributed by atoms with E-state index in [0.29, 0.717) is 12.6 Å². The molecule has 2 N–H and O–H groups in total. The average Bonchev–Trinajstić information content (AvgIpc) is 2.88. The molecule has 2 heterocycles. The summed E-state index contributed by atoms with van der Waals surface area (Å²) in [5, 5.41) is 0.